The molecule has 0 aliphatic heterocycles. The van der Waals surface area contributed by atoms with Crippen molar-refractivity contribution in [1.29, 1.82) is 0 Å². The number of hydrogen-bond donors (Lipinski definition) is 1. The molecular formula is C16H27NS. The molecule has 1 aromatic heterocycles. The van der Waals surface area contributed by atoms with Gasteiger partial charge in [-0.25, -0.2) is 0 Å². The summed E-state index contributed by atoms with van der Waals surface area (Å²) >= 11 is 1.97. The monoisotopic (exact) mass is 265 g/mol. The summed E-state index contributed by atoms with van der Waals surface area (Å²) in [6, 6.07) is 5.31. The molecule has 1 fully saturated rings. The van der Waals surface area contributed by atoms with E-state index in [1.165, 1.54) is 54.7 Å². The van der Waals surface area contributed by atoms with Crippen LogP contribution in [0.3, 0.4) is 0 Å². The Morgan fingerprint density at radius 2 is 1.89 bits per heavy atom. The molecule has 1 N–H and O–H groups in total. The quantitative estimate of drug-likeness (QED) is 0.782. The molecule has 0 spiro atoms. The van der Waals surface area contributed by atoms with Crippen molar-refractivity contribution in [2.24, 2.45) is 5.92 Å². The van der Waals surface area contributed by atoms with Gasteiger partial charge < -0.3 is 5.32 Å². The third kappa shape index (κ3) is 3.83. The number of aryl methyl sites for hydroxylation is 1. The second-order valence-electron chi connectivity index (χ2n) is 5.52. The normalized spacial score (nSPS) is 19.0. The van der Waals surface area contributed by atoms with Gasteiger partial charge in [0, 0.05) is 22.3 Å². The second-order valence-corrected chi connectivity index (χ2v) is 6.77. The third-order valence-corrected chi connectivity index (χ3v) is 5.49. The van der Waals surface area contributed by atoms with Crippen molar-refractivity contribution in [1.82, 2.24) is 5.32 Å². The van der Waals surface area contributed by atoms with E-state index in [1.54, 1.807) is 0 Å². The molecule has 1 saturated carbocycles. The van der Waals surface area contributed by atoms with Crippen LogP contribution in [-0.4, -0.2) is 6.04 Å². The lowest BCUT2D eigenvalue weighted by Gasteiger charge is -2.30. The van der Waals surface area contributed by atoms with Crippen molar-refractivity contribution in [3.63, 3.8) is 0 Å². The molecule has 0 bridgehead atoms. The molecule has 2 heteroatoms. The van der Waals surface area contributed by atoms with Gasteiger partial charge in [-0.1, -0.05) is 33.1 Å². The molecule has 1 aliphatic carbocycles. The van der Waals surface area contributed by atoms with E-state index in [9.17, 15) is 0 Å². The zero-order chi connectivity index (χ0) is 12.8. The molecule has 18 heavy (non-hydrogen) atoms. The van der Waals surface area contributed by atoms with Crippen LogP contribution in [0.4, 0.5) is 0 Å². The maximum Gasteiger partial charge on any atom is 0.0302 e. The summed E-state index contributed by atoms with van der Waals surface area (Å²) in [5.74, 6) is 0.925. The van der Waals surface area contributed by atoms with Crippen LogP contribution in [0.5, 0.6) is 0 Å². The van der Waals surface area contributed by atoms with Crippen molar-refractivity contribution in [3.8, 4) is 0 Å². The number of hydrogen-bond acceptors (Lipinski definition) is 2. The standard InChI is InChI=1S/C16H27NS/c1-3-14-10-11-15(18-14)12-17-16(4-2)13-8-6-5-7-9-13/h10-11,13,16-17H,3-9,12H2,1-2H3. The number of thiophene rings is 1. The van der Waals surface area contributed by atoms with E-state index >= 15 is 0 Å². The highest BCUT2D eigenvalue weighted by atomic mass is 32.1. The van der Waals surface area contributed by atoms with Crippen molar-refractivity contribution < 1.29 is 0 Å². The van der Waals surface area contributed by atoms with Gasteiger partial charge in [-0.3, -0.25) is 0 Å². The Morgan fingerprint density at radius 3 is 2.50 bits per heavy atom. The van der Waals surface area contributed by atoms with Gasteiger partial charge in [0.25, 0.3) is 0 Å². The third-order valence-electron chi connectivity index (χ3n) is 4.26. The molecule has 0 aromatic carbocycles. The largest absolute Gasteiger partial charge is 0.309 e. The maximum absolute atomic E-state index is 3.80. The maximum atomic E-state index is 3.80. The fourth-order valence-electron chi connectivity index (χ4n) is 3.12. The predicted octanol–water partition coefficient (Wildman–Crippen LogP) is 4.76. The molecule has 1 nitrogen and oxygen atoms in total. The van der Waals surface area contributed by atoms with Gasteiger partial charge >= 0.3 is 0 Å². The molecule has 0 saturated heterocycles. The lowest BCUT2D eigenvalue weighted by atomic mass is 9.83. The van der Waals surface area contributed by atoms with Gasteiger partial charge in [0.1, 0.15) is 0 Å². The Bertz CT molecular complexity index is 339. The van der Waals surface area contributed by atoms with Gasteiger partial charge in [-0.05, 0) is 43.7 Å². The Kier molecular flexibility index (Phi) is 5.71. The number of nitrogens with one attached hydrogen (secondary N) is 1. The molecule has 102 valence electrons. The second kappa shape index (κ2) is 7.30. The zero-order valence-electron chi connectivity index (χ0n) is 11.9. The first-order valence-corrected chi connectivity index (χ1v) is 8.46. The van der Waals surface area contributed by atoms with Crippen LogP contribution in [0.15, 0.2) is 12.1 Å². The van der Waals surface area contributed by atoms with Gasteiger partial charge in [0.2, 0.25) is 0 Å². The van der Waals surface area contributed by atoms with Gasteiger partial charge in [0.15, 0.2) is 0 Å². The highest BCUT2D eigenvalue weighted by Crippen LogP contribution is 2.28. The first-order chi connectivity index (χ1) is 8.83. The minimum Gasteiger partial charge on any atom is -0.309 e. The van der Waals surface area contributed by atoms with Crippen LogP contribution >= 0.6 is 11.3 Å². The smallest absolute Gasteiger partial charge is 0.0302 e. The summed E-state index contributed by atoms with van der Waals surface area (Å²) in [4.78, 5) is 3.01. The molecule has 2 rings (SSSR count). The molecule has 1 unspecified atom stereocenters. The van der Waals surface area contributed by atoms with E-state index in [-0.39, 0.29) is 0 Å². The molecule has 0 amide bonds. The highest BCUT2D eigenvalue weighted by Gasteiger charge is 2.21. The number of rotatable bonds is 6. The average molecular weight is 265 g/mol. The highest BCUT2D eigenvalue weighted by molar-refractivity contribution is 7.11. The predicted molar refractivity (Wildman–Crippen MR) is 81.2 cm³/mol. The van der Waals surface area contributed by atoms with Crippen LogP contribution in [0, 0.1) is 5.92 Å². The molecule has 1 heterocycles. The van der Waals surface area contributed by atoms with E-state index in [4.69, 9.17) is 0 Å². The van der Waals surface area contributed by atoms with Gasteiger partial charge in [0.05, 0.1) is 0 Å². The van der Waals surface area contributed by atoms with E-state index < -0.39 is 0 Å². The fourth-order valence-corrected chi connectivity index (χ4v) is 4.03. The summed E-state index contributed by atoms with van der Waals surface area (Å²) in [6.45, 7) is 5.64. The summed E-state index contributed by atoms with van der Waals surface area (Å²) in [7, 11) is 0. The van der Waals surface area contributed by atoms with Crippen LogP contribution in [0.1, 0.15) is 62.1 Å². The summed E-state index contributed by atoms with van der Waals surface area (Å²) in [5.41, 5.74) is 0. The van der Waals surface area contributed by atoms with Crippen molar-refractivity contribution in [2.45, 2.75) is 71.4 Å². The first kappa shape index (κ1) is 14.1. The molecule has 0 radical (unpaired) electrons. The Morgan fingerprint density at radius 1 is 1.17 bits per heavy atom. The van der Waals surface area contributed by atoms with E-state index in [2.05, 4.69) is 31.3 Å². The summed E-state index contributed by atoms with van der Waals surface area (Å²) in [5, 5.41) is 3.80. The Labute approximate surface area is 116 Å². The molecular weight excluding hydrogens is 238 g/mol. The van der Waals surface area contributed by atoms with E-state index in [1.807, 2.05) is 11.3 Å². The lowest BCUT2D eigenvalue weighted by Crippen LogP contribution is -2.36. The van der Waals surface area contributed by atoms with Crippen LogP contribution in [0.25, 0.3) is 0 Å². The van der Waals surface area contributed by atoms with Crippen molar-refractivity contribution in [3.05, 3.63) is 21.9 Å². The minimum absolute atomic E-state index is 0.734. The van der Waals surface area contributed by atoms with E-state index in [0.29, 0.717) is 0 Å². The SMILES string of the molecule is CCc1ccc(CNC(CC)C2CCCCC2)s1. The topological polar surface area (TPSA) is 12.0 Å². The Balaban J connectivity index is 1.82. The molecule has 1 atom stereocenters. The fraction of sp³-hybridized carbons (Fsp3) is 0.750. The molecule has 1 aromatic rings. The Hall–Kier alpha value is -0.340. The minimum atomic E-state index is 0.734. The van der Waals surface area contributed by atoms with Crippen LogP contribution < -0.4 is 5.32 Å². The van der Waals surface area contributed by atoms with Crippen LogP contribution in [0.2, 0.25) is 0 Å². The summed E-state index contributed by atoms with van der Waals surface area (Å²) in [6.07, 6.45) is 9.68. The summed E-state index contributed by atoms with van der Waals surface area (Å²) < 4.78 is 0. The molecule has 1 aliphatic rings. The van der Waals surface area contributed by atoms with Crippen molar-refractivity contribution in [2.75, 3.05) is 0 Å². The van der Waals surface area contributed by atoms with Gasteiger partial charge in [-0.2, -0.15) is 0 Å². The average Bonchev–Trinajstić information content (AvgIpc) is 2.89. The van der Waals surface area contributed by atoms with E-state index in [0.717, 1.165) is 18.5 Å². The van der Waals surface area contributed by atoms with Crippen molar-refractivity contribution >= 4 is 11.3 Å². The first-order valence-electron chi connectivity index (χ1n) is 7.64. The van der Waals surface area contributed by atoms with Crippen LogP contribution in [-0.2, 0) is 13.0 Å². The van der Waals surface area contributed by atoms with Gasteiger partial charge in [-0.15, -0.1) is 11.3 Å². The lowest BCUT2D eigenvalue weighted by molar-refractivity contribution is 0.262. The zero-order valence-corrected chi connectivity index (χ0v) is 12.7.